The number of nitrogens with one attached hydrogen (secondary N) is 2. The van der Waals surface area contributed by atoms with Crippen LogP contribution in [0.15, 0.2) is 40.9 Å². The lowest BCUT2D eigenvalue weighted by atomic mass is 10.1. The van der Waals surface area contributed by atoms with Crippen LogP contribution < -0.4 is 10.6 Å². The van der Waals surface area contributed by atoms with Gasteiger partial charge in [0.05, 0.1) is 0 Å². The molecule has 0 aliphatic heterocycles. The van der Waals surface area contributed by atoms with Crippen molar-refractivity contribution in [3.8, 4) is 0 Å². The Morgan fingerprint density at radius 3 is 2.35 bits per heavy atom. The highest BCUT2D eigenvalue weighted by atomic mass is 16.5. The maximum Gasteiger partial charge on any atom is 0.175 e. The minimum atomic E-state index is 0.630. The Bertz CT molecular complexity index is 795. The van der Waals surface area contributed by atoms with E-state index < -0.39 is 0 Å². The van der Waals surface area contributed by atoms with Gasteiger partial charge in [-0.05, 0) is 26.3 Å². The number of rotatable bonds is 5. The van der Waals surface area contributed by atoms with Crippen molar-refractivity contribution in [2.75, 3.05) is 10.6 Å². The highest BCUT2D eigenvalue weighted by Crippen LogP contribution is 2.17. The third-order valence-electron chi connectivity index (χ3n) is 3.32. The van der Waals surface area contributed by atoms with Crippen LogP contribution in [0.2, 0.25) is 0 Å². The number of aryl methyl sites for hydroxylation is 3. The monoisotopic (exact) mass is 309 g/mol. The fraction of sp³-hybridized carbons (Fsp3) is 0.235. The third kappa shape index (κ3) is 4.06. The van der Waals surface area contributed by atoms with Crippen molar-refractivity contribution in [1.82, 2.24) is 15.1 Å². The number of anilines is 3. The van der Waals surface area contributed by atoms with Crippen LogP contribution in [0, 0.1) is 20.8 Å². The molecule has 0 atom stereocenters. The molecule has 6 heteroatoms. The van der Waals surface area contributed by atoms with E-state index in [1.165, 1.54) is 11.1 Å². The molecule has 23 heavy (non-hydrogen) atoms. The van der Waals surface area contributed by atoms with Gasteiger partial charge in [0.25, 0.3) is 0 Å². The number of aromatic nitrogens is 3. The van der Waals surface area contributed by atoms with Crippen LogP contribution in [0.4, 0.5) is 17.5 Å². The quantitative estimate of drug-likeness (QED) is 0.747. The first-order valence-electron chi connectivity index (χ1n) is 7.44. The van der Waals surface area contributed by atoms with Crippen LogP contribution in [-0.4, -0.2) is 15.1 Å². The van der Waals surface area contributed by atoms with Crippen LogP contribution in [0.5, 0.6) is 0 Å². The number of hydrogen-bond acceptors (Lipinski definition) is 6. The van der Waals surface area contributed by atoms with Crippen LogP contribution in [0.1, 0.15) is 22.7 Å². The predicted molar refractivity (Wildman–Crippen MR) is 89.8 cm³/mol. The lowest BCUT2D eigenvalue weighted by molar-refractivity contribution is 0.400. The molecule has 0 bridgehead atoms. The highest BCUT2D eigenvalue weighted by Gasteiger charge is 2.05. The van der Waals surface area contributed by atoms with Gasteiger partial charge >= 0.3 is 0 Å². The molecule has 1 aromatic carbocycles. The molecule has 0 unspecified atom stereocenters. The van der Waals surface area contributed by atoms with Crippen LogP contribution in [0.3, 0.4) is 0 Å². The second kappa shape index (κ2) is 6.48. The van der Waals surface area contributed by atoms with Gasteiger partial charge in [-0.15, -0.1) is 0 Å². The molecule has 2 N–H and O–H groups in total. The average Bonchev–Trinajstić information content (AvgIpc) is 2.91. The minimum absolute atomic E-state index is 0.630. The smallest absolute Gasteiger partial charge is 0.175 e. The van der Waals surface area contributed by atoms with E-state index in [4.69, 9.17) is 4.52 Å². The standard InChI is InChI=1S/C17H19N5O/c1-11-4-6-14(7-5-11)10-18-15-9-16(20-13(3)19-15)21-17-8-12(2)23-22-17/h4-9H,10H2,1-3H3,(H2,18,19,20,21,22). The second-order valence-electron chi connectivity index (χ2n) is 5.47. The fourth-order valence-corrected chi connectivity index (χ4v) is 2.18. The lowest BCUT2D eigenvalue weighted by Crippen LogP contribution is -2.05. The first-order chi connectivity index (χ1) is 11.1. The Morgan fingerprint density at radius 2 is 1.65 bits per heavy atom. The van der Waals surface area contributed by atoms with E-state index in [-0.39, 0.29) is 0 Å². The Labute approximate surface area is 135 Å². The Kier molecular flexibility index (Phi) is 4.23. The third-order valence-corrected chi connectivity index (χ3v) is 3.32. The first kappa shape index (κ1) is 15.0. The number of benzene rings is 1. The number of hydrogen-bond donors (Lipinski definition) is 2. The van der Waals surface area contributed by atoms with E-state index >= 15 is 0 Å². The van der Waals surface area contributed by atoms with Crippen molar-refractivity contribution in [1.29, 1.82) is 0 Å². The predicted octanol–water partition coefficient (Wildman–Crippen LogP) is 3.75. The van der Waals surface area contributed by atoms with Crippen molar-refractivity contribution in [3.05, 3.63) is 59.1 Å². The summed E-state index contributed by atoms with van der Waals surface area (Å²) < 4.78 is 5.04. The van der Waals surface area contributed by atoms with Gasteiger partial charge in [0.2, 0.25) is 0 Å². The van der Waals surface area contributed by atoms with Gasteiger partial charge in [-0.3, -0.25) is 0 Å². The fourth-order valence-electron chi connectivity index (χ4n) is 2.18. The molecule has 0 radical (unpaired) electrons. The molecule has 6 nitrogen and oxygen atoms in total. The SMILES string of the molecule is Cc1ccc(CNc2cc(Nc3cc(C)on3)nc(C)n2)cc1. The molecule has 118 valence electrons. The molecule has 0 aliphatic carbocycles. The first-order valence-corrected chi connectivity index (χ1v) is 7.44. The Balaban J connectivity index is 1.70. The molecule has 0 amide bonds. The molecule has 0 aliphatic rings. The minimum Gasteiger partial charge on any atom is -0.366 e. The molecule has 0 saturated heterocycles. The summed E-state index contributed by atoms with van der Waals surface area (Å²) in [5.74, 6) is 3.50. The van der Waals surface area contributed by atoms with Crippen molar-refractivity contribution in [2.45, 2.75) is 27.3 Å². The normalized spacial score (nSPS) is 10.6. The summed E-state index contributed by atoms with van der Waals surface area (Å²) in [6.45, 7) is 6.49. The van der Waals surface area contributed by atoms with Crippen molar-refractivity contribution < 1.29 is 4.52 Å². The van der Waals surface area contributed by atoms with Crippen molar-refractivity contribution in [2.24, 2.45) is 0 Å². The highest BCUT2D eigenvalue weighted by molar-refractivity contribution is 5.56. The summed E-state index contributed by atoms with van der Waals surface area (Å²) in [5, 5.41) is 10.3. The molecule has 3 aromatic rings. The van der Waals surface area contributed by atoms with E-state index in [0.29, 0.717) is 24.0 Å². The Morgan fingerprint density at radius 1 is 0.913 bits per heavy atom. The summed E-state index contributed by atoms with van der Waals surface area (Å²) in [7, 11) is 0. The zero-order valence-electron chi connectivity index (χ0n) is 13.4. The molecule has 2 aromatic heterocycles. The van der Waals surface area contributed by atoms with Crippen LogP contribution >= 0.6 is 0 Å². The van der Waals surface area contributed by atoms with Gasteiger partial charge in [0, 0.05) is 18.7 Å². The molecule has 2 heterocycles. The summed E-state index contributed by atoms with van der Waals surface area (Å²) in [6.07, 6.45) is 0. The number of nitrogens with zero attached hydrogens (tertiary/aromatic N) is 3. The van der Waals surface area contributed by atoms with Crippen LogP contribution in [0.25, 0.3) is 0 Å². The topological polar surface area (TPSA) is 75.9 Å². The van der Waals surface area contributed by atoms with Gasteiger partial charge in [-0.1, -0.05) is 35.0 Å². The average molecular weight is 309 g/mol. The van der Waals surface area contributed by atoms with Crippen LogP contribution in [-0.2, 0) is 6.54 Å². The van der Waals surface area contributed by atoms with E-state index in [1.807, 2.05) is 26.0 Å². The second-order valence-corrected chi connectivity index (χ2v) is 5.47. The zero-order chi connectivity index (χ0) is 16.2. The summed E-state index contributed by atoms with van der Waals surface area (Å²) >= 11 is 0. The van der Waals surface area contributed by atoms with Gasteiger partial charge < -0.3 is 15.2 Å². The molecule has 0 fully saturated rings. The zero-order valence-corrected chi connectivity index (χ0v) is 13.4. The van der Waals surface area contributed by atoms with E-state index in [9.17, 15) is 0 Å². The molecule has 3 rings (SSSR count). The summed E-state index contributed by atoms with van der Waals surface area (Å²) in [5.41, 5.74) is 2.45. The molecular weight excluding hydrogens is 290 g/mol. The maximum absolute atomic E-state index is 5.04. The lowest BCUT2D eigenvalue weighted by Gasteiger charge is -2.09. The molecule has 0 saturated carbocycles. The summed E-state index contributed by atoms with van der Waals surface area (Å²) in [6, 6.07) is 12.1. The maximum atomic E-state index is 5.04. The van der Waals surface area contributed by atoms with Gasteiger partial charge in [-0.25, -0.2) is 9.97 Å². The van der Waals surface area contributed by atoms with Crippen molar-refractivity contribution in [3.63, 3.8) is 0 Å². The van der Waals surface area contributed by atoms with Gasteiger partial charge in [0.1, 0.15) is 23.2 Å². The van der Waals surface area contributed by atoms with E-state index in [2.05, 4.69) is 56.9 Å². The van der Waals surface area contributed by atoms with Gasteiger partial charge in [-0.2, -0.15) is 0 Å². The van der Waals surface area contributed by atoms with E-state index in [0.717, 1.165) is 11.6 Å². The summed E-state index contributed by atoms with van der Waals surface area (Å²) in [4.78, 5) is 8.77. The van der Waals surface area contributed by atoms with Gasteiger partial charge in [0.15, 0.2) is 5.82 Å². The molecular formula is C17H19N5O. The largest absolute Gasteiger partial charge is 0.366 e. The van der Waals surface area contributed by atoms with Crippen molar-refractivity contribution >= 4 is 17.5 Å². The molecule has 0 spiro atoms. The Hall–Kier alpha value is -2.89. The van der Waals surface area contributed by atoms with E-state index in [1.54, 1.807) is 0 Å².